The Morgan fingerprint density at radius 3 is 3.06 bits per heavy atom. The number of nitrogens with zero attached hydrogens (tertiary/aromatic N) is 2. The predicted molar refractivity (Wildman–Crippen MR) is 68.9 cm³/mol. The van der Waals surface area contributed by atoms with Crippen LogP contribution in [0.1, 0.15) is 12.6 Å². The van der Waals surface area contributed by atoms with Crippen molar-refractivity contribution in [2.45, 2.75) is 19.1 Å². The highest BCUT2D eigenvalue weighted by Gasteiger charge is 2.25. The highest BCUT2D eigenvalue weighted by Crippen LogP contribution is 2.18. The molecule has 1 aromatic rings. The molecule has 0 bridgehead atoms. The normalized spacial score (nSPS) is 24.0. The first-order chi connectivity index (χ1) is 8.60. The average Bonchev–Trinajstić information content (AvgIpc) is 2.38. The Bertz CT molecular complexity index is 438. The van der Waals surface area contributed by atoms with Crippen LogP contribution in [0.25, 0.3) is 0 Å². The summed E-state index contributed by atoms with van der Waals surface area (Å²) in [6, 6.07) is 5.41. The second-order valence-corrected chi connectivity index (χ2v) is 4.45. The number of nitrogens with one attached hydrogen (secondary N) is 1. The van der Waals surface area contributed by atoms with Gasteiger partial charge in [0, 0.05) is 13.1 Å². The van der Waals surface area contributed by atoms with Crippen LogP contribution in [0.4, 0.5) is 5.82 Å². The highest BCUT2D eigenvalue weighted by molar-refractivity contribution is 5.93. The standard InChI is InChI=1S/C12H18N4O2/c1-8-5-16(6-9(7-17)18-8)11-4-2-3-10(15-11)12(13)14/h2-4,8-9,17H,5-7H2,1H3,(H3,13,14). The van der Waals surface area contributed by atoms with Gasteiger partial charge in [0.15, 0.2) is 0 Å². The summed E-state index contributed by atoms with van der Waals surface area (Å²) in [5, 5.41) is 16.6. The molecule has 0 aromatic carbocycles. The molecular formula is C12H18N4O2. The fraction of sp³-hybridized carbons (Fsp3) is 0.500. The molecular weight excluding hydrogens is 232 g/mol. The Morgan fingerprint density at radius 1 is 1.61 bits per heavy atom. The van der Waals surface area contributed by atoms with Crippen molar-refractivity contribution in [3.8, 4) is 0 Å². The van der Waals surface area contributed by atoms with Crippen LogP contribution in [-0.2, 0) is 4.74 Å². The molecule has 0 radical (unpaired) electrons. The number of nitrogens with two attached hydrogens (primary N) is 1. The van der Waals surface area contributed by atoms with Gasteiger partial charge in [-0.15, -0.1) is 0 Å². The Morgan fingerprint density at radius 2 is 2.39 bits per heavy atom. The first kappa shape index (κ1) is 12.8. The Kier molecular flexibility index (Phi) is 3.78. The number of nitrogen functional groups attached to an aromatic ring is 1. The Balaban J connectivity index is 2.19. The molecule has 1 aromatic heterocycles. The third-order valence-electron chi connectivity index (χ3n) is 2.86. The van der Waals surface area contributed by atoms with Crippen molar-refractivity contribution in [2.24, 2.45) is 5.73 Å². The van der Waals surface area contributed by atoms with Gasteiger partial charge in [0.1, 0.15) is 17.3 Å². The third kappa shape index (κ3) is 2.77. The van der Waals surface area contributed by atoms with Crippen molar-refractivity contribution in [3.63, 3.8) is 0 Å². The third-order valence-corrected chi connectivity index (χ3v) is 2.86. The van der Waals surface area contributed by atoms with E-state index in [0.29, 0.717) is 18.8 Å². The molecule has 0 amide bonds. The molecule has 4 N–H and O–H groups in total. The van der Waals surface area contributed by atoms with E-state index >= 15 is 0 Å². The topological polar surface area (TPSA) is 95.5 Å². The van der Waals surface area contributed by atoms with Crippen LogP contribution in [0.3, 0.4) is 0 Å². The monoisotopic (exact) mass is 250 g/mol. The van der Waals surface area contributed by atoms with Crippen molar-refractivity contribution < 1.29 is 9.84 Å². The number of hydrogen-bond acceptors (Lipinski definition) is 5. The lowest BCUT2D eigenvalue weighted by Gasteiger charge is -2.36. The van der Waals surface area contributed by atoms with Gasteiger partial charge in [-0.1, -0.05) is 6.07 Å². The quantitative estimate of drug-likeness (QED) is 0.516. The molecule has 1 aliphatic heterocycles. The summed E-state index contributed by atoms with van der Waals surface area (Å²) in [6.45, 7) is 3.26. The van der Waals surface area contributed by atoms with Crippen molar-refractivity contribution in [1.29, 1.82) is 5.41 Å². The van der Waals surface area contributed by atoms with E-state index in [0.717, 1.165) is 5.82 Å². The second kappa shape index (κ2) is 5.32. The van der Waals surface area contributed by atoms with Gasteiger partial charge in [-0.25, -0.2) is 4.98 Å². The fourth-order valence-electron chi connectivity index (χ4n) is 2.08. The zero-order chi connectivity index (χ0) is 13.1. The number of pyridine rings is 1. The molecule has 1 aliphatic rings. The van der Waals surface area contributed by atoms with Crippen LogP contribution >= 0.6 is 0 Å². The lowest BCUT2D eigenvalue weighted by atomic mass is 10.2. The summed E-state index contributed by atoms with van der Waals surface area (Å²) in [5.74, 6) is 0.716. The number of morpholine rings is 1. The van der Waals surface area contributed by atoms with E-state index in [-0.39, 0.29) is 24.7 Å². The molecule has 18 heavy (non-hydrogen) atoms. The molecule has 2 atom stereocenters. The minimum atomic E-state index is -0.198. The maximum absolute atomic E-state index is 9.19. The summed E-state index contributed by atoms with van der Waals surface area (Å²) in [5.41, 5.74) is 5.90. The van der Waals surface area contributed by atoms with E-state index in [1.165, 1.54) is 0 Å². The number of anilines is 1. The Hall–Kier alpha value is -1.66. The van der Waals surface area contributed by atoms with Crippen molar-refractivity contribution in [3.05, 3.63) is 23.9 Å². The second-order valence-electron chi connectivity index (χ2n) is 4.45. The van der Waals surface area contributed by atoms with Gasteiger partial charge >= 0.3 is 0 Å². The van der Waals surface area contributed by atoms with Crippen molar-refractivity contribution in [1.82, 2.24) is 4.98 Å². The molecule has 0 saturated carbocycles. The summed E-state index contributed by atoms with van der Waals surface area (Å²) in [7, 11) is 0. The van der Waals surface area contributed by atoms with Gasteiger partial charge in [-0.2, -0.15) is 0 Å². The van der Waals surface area contributed by atoms with Crippen LogP contribution in [0, 0.1) is 5.41 Å². The molecule has 1 fully saturated rings. The maximum atomic E-state index is 9.19. The smallest absolute Gasteiger partial charge is 0.141 e. The van der Waals surface area contributed by atoms with Crippen LogP contribution in [0.15, 0.2) is 18.2 Å². The van der Waals surface area contributed by atoms with Gasteiger partial charge < -0.3 is 20.5 Å². The molecule has 2 heterocycles. The summed E-state index contributed by atoms with van der Waals surface area (Å²) in [6.07, 6.45) is -0.157. The minimum absolute atomic E-state index is 0.00671. The summed E-state index contributed by atoms with van der Waals surface area (Å²) < 4.78 is 5.58. The number of amidine groups is 1. The van der Waals surface area contributed by atoms with Crippen LogP contribution in [-0.4, -0.2) is 47.8 Å². The number of aliphatic hydroxyl groups is 1. The first-order valence-electron chi connectivity index (χ1n) is 5.93. The predicted octanol–water partition coefficient (Wildman–Crippen LogP) is -0.0483. The van der Waals surface area contributed by atoms with E-state index in [4.69, 9.17) is 15.9 Å². The van der Waals surface area contributed by atoms with Gasteiger partial charge in [0.2, 0.25) is 0 Å². The minimum Gasteiger partial charge on any atom is -0.394 e. The lowest BCUT2D eigenvalue weighted by Crippen LogP contribution is -2.48. The summed E-state index contributed by atoms with van der Waals surface area (Å²) in [4.78, 5) is 6.38. The fourth-order valence-corrected chi connectivity index (χ4v) is 2.08. The number of aliphatic hydroxyl groups excluding tert-OH is 1. The van der Waals surface area contributed by atoms with Gasteiger partial charge in [0.25, 0.3) is 0 Å². The maximum Gasteiger partial charge on any atom is 0.141 e. The van der Waals surface area contributed by atoms with Crippen molar-refractivity contribution >= 4 is 11.7 Å². The van der Waals surface area contributed by atoms with E-state index < -0.39 is 0 Å². The van der Waals surface area contributed by atoms with Gasteiger partial charge in [0.05, 0.1) is 18.8 Å². The number of rotatable bonds is 3. The molecule has 0 aliphatic carbocycles. The molecule has 0 spiro atoms. The lowest BCUT2D eigenvalue weighted by molar-refractivity contribution is -0.0423. The van der Waals surface area contributed by atoms with E-state index in [9.17, 15) is 5.11 Å². The van der Waals surface area contributed by atoms with Gasteiger partial charge in [-0.05, 0) is 19.1 Å². The molecule has 1 saturated heterocycles. The zero-order valence-electron chi connectivity index (χ0n) is 10.3. The zero-order valence-corrected chi connectivity index (χ0v) is 10.3. The molecule has 98 valence electrons. The SMILES string of the molecule is CC1CN(c2cccc(C(=N)N)n2)CC(CO)O1. The van der Waals surface area contributed by atoms with Gasteiger partial charge in [-0.3, -0.25) is 5.41 Å². The Labute approximate surface area is 106 Å². The number of aromatic nitrogens is 1. The van der Waals surface area contributed by atoms with Crippen LogP contribution in [0.5, 0.6) is 0 Å². The van der Waals surface area contributed by atoms with E-state index in [1.54, 1.807) is 6.07 Å². The van der Waals surface area contributed by atoms with Crippen LogP contribution < -0.4 is 10.6 Å². The number of hydrogen-bond donors (Lipinski definition) is 3. The molecule has 6 heteroatoms. The molecule has 6 nitrogen and oxygen atoms in total. The summed E-state index contributed by atoms with van der Waals surface area (Å²) >= 11 is 0. The van der Waals surface area contributed by atoms with E-state index in [2.05, 4.69) is 4.98 Å². The largest absolute Gasteiger partial charge is 0.394 e. The average molecular weight is 250 g/mol. The number of ether oxygens (including phenoxy) is 1. The molecule has 2 unspecified atom stereocenters. The van der Waals surface area contributed by atoms with Crippen LogP contribution in [0.2, 0.25) is 0 Å². The van der Waals surface area contributed by atoms with Crippen molar-refractivity contribution in [2.75, 3.05) is 24.6 Å². The molecule has 2 rings (SSSR count). The highest BCUT2D eigenvalue weighted by atomic mass is 16.5. The first-order valence-corrected chi connectivity index (χ1v) is 5.93. The van der Waals surface area contributed by atoms with E-state index in [1.807, 2.05) is 24.0 Å².